The van der Waals surface area contributed by atoms with Crippen LogP contribution in [0, 0.1) is 7.14 Å². The van der Waals surface area contributed by atoms with Crippen molar-refractivity contribution in [3.63, 3.8) is 0 Å². The molecule has 0 radical (unpaired) electrons. The molecule has 3 saturated heterocycles. The maximum Gasteiger partial charge on any atom is 0.376 e. The number of piperidine rings is 3. The average molecular weight is 1910 g/mol. The number of nitrogens with zero attached hydrogens (tertiary/aromatic N) is 16. The predicted octanol–water partition coefficient (Wildman–Crippen LogP) is 18.1. The molecule has 0 amide bonds. The molecule has 0 atom stereocenters. The van der Waals surface area contributed by atoms with E-state index in [1.165, 1.54) is 55.4 Å². The van der Waals surface area contributed by atoms with Crippen LogP contribution in [0.1, 0.15) is 148 Å². The number of H-pyrrole nitrogens is 3. The number of pyridine rings is 3. The van der Waals surface area contributed by atoms with E-state index in [9.17, 15) is 14.8 Å². The molecule has 10 N–H and O–H groups in total. The van der Waals surface area contributed by atoms with Crippen LogP contribution >= 0.6 is 61.1 Å². The number of carbonyl (C=O) groups excluding carboxylic acids is 1. The third-order valence-corrected chi connectivity index (χ3v) is 21.8. The summed E-state index contributed by atoms with van der Waals surface area (Å²) in [7, 11) is -0.727. The van der Waals surface area contributed by atoms with Crippen molar-refractivity contribution < 1.29 is 14.8 Å². The Morgan fingerprint density at radius 1 is 0.467 bits per heavy atom. The minimum absolute atomic E-state index is 0. The van der Waals surface area contributed by atoms with Gasteiger partial charge in [-0.1, -0.05) is 205 Å². The second kappa shape index (κ2) is 50.0. The lowest BCUT2D eigenvalue weighted by molar-refractivity contribution is 0.112. The van der Waals surface area contributed by atoms with Crippen LogP contribution in [0.2, 0.25) is 13.6 Å². The summed E-state index contributed by atoms with van der Waals surface area (Å²) in [6, 6.07) is 57.5. The van der Waals surface area contributed by atoms with Gasteiger partial charge in [0.05, 0.1) is 97.7 Å². The van der Waals surface area contributed by atoms with E-state index in [0.29, 0.717) is 41.4 Å². The number of nitrogens with one attached hydrogen (secondary N) is 4. The summed E-state index contributed by atoms with van der Waals surface area (Å²) in [5, 5.41) is 47.2. The number of nitrogens with two attached hydrogens (primary N) is 2. The van der Waals surface area contributed by atoms with Gasteiger partial charge in [-0.15, -0.1) is 0 Å². The van der Waals surface area contributed by atoms with Crippen LogP contribution < -0.4 is 16.8 Å². The highest BCUT2D eigenvalue weighted by molar-refractivity contribution is 14.1. The smallest absolute Gasteiger partial charge is 0.376 e. The number of aldehydes is 1. The molecule has 0 spiro atoms. The first-order valence-corrected chi connectivity index (χ1v) is 41.8. The fourth-order valence-corrected chi connectivity index (χ4v) is 14.7. The zero-order valence-corrected chi connectivity index (χ0v) is 70.3. The highest BCUT2D eigenvalue weighted by atomic mass is 127. The maximum absolute atomic E-state index is 10.4. The highest BCUT2D eigenvalue weighted by Crippen LogP contribution is 2.33. The standard InChI is InChI=1S/C22H25BN6O.C21H22N6.C11H19BN4O.C11H10N2O.C10H9IN2.C7H7Br.C3H3IN2.5CH4/c1-23(30)28-9-7-17(8-10-28)18-11-20-22(24-12-18)27-21(26-20)19-13-25-29(15-19)14-16-5-3-2-4-6-16;1-2-4-15(5-3-1)13-27-14-18(12-24-27)20-25-19-10-17(11-23-21(19)26-20)16-6-8-22-9-7-16;1-12(17)16-4-2-8(3-5-16)9-6-10(13)11(14)15-7-9;14-9-11-6-12-13(8-11)7-10-4-2-1-3-5-10;11-10-6-12-13(8-10)7-9-4-2-1-3-5-9;8-6-7-4-2-1-3-5-7;4-3-1-5-6-2-3;;;;;/h2-6,11-13,15,17,30H,7-10,14H2,1H3,(H,24,26,27);1-5,10-12,14,16,22H,6-9,13H2,(H,23,25,26);6-8,17H,2-5,13H2,1H3,(H2,14,15);1-6,8-9H,7H2;1-6,8H,7H2;1-5H,6H2;1-2H,(H,5,6);5*1H4. The maximum atomic E-state index is 10.4. The van der Waals surface area contributed by atoms with Crippen LogP contribution in [-0.2, 0) is 31.5 Å². The Balaban J connectivity index is 0.000000202. The summed E-state index contributed by atoms with van der Waals surface area (Å²) in [6.07, 6.45) is 31.5. The Morgan fingerprint density at radius 3 is 1.18 bits per heavy atom. The largest absolute Gasteiger partial charge is 0.437 e. The summed E-state index contributed by atoms with van der Waals surface area (Å²) in [4.78, 5) is 44.1. The Hall–Kier alpha value is -10.3. The second-order valence-corrected chi connectivity index (χ2v) is 31.4. The van der Waals surface area contributed by atoms with Gasteiger partial charge in [0.2, 0.25) is 0 Å². The summed E-state index contributed by atoms with van der Waals surface area (Å²) in [6.45, 7) is 12.5. The van der Waals surface area contributed by atoms with Crippen LogP contribution in [0.15, 0.2) is 250 Å². The van der Waals surface area contributed by atoms with Crippen LogP contribution in [0.4, 0.5) is 11.5 Å². The summed E-state index contributed by atoms with van der Waals surface area (Å²) in [5.74, 6) is 3.54. The van der Waals surface area contributed by atoms with Gasteiger partial charge in [0.1, 0.15) is 17.5 Å². The van der Waals surface area contributed by atoms with E-state index in [1.54, 1.807) is 23.3 Å². The molecule has 25 nitrogen and oxygen atoms in total. The summed E-state index contributed by atoms with van der Waals surface area (Å²) >= 11 is 7.80. The van der Waals surface area contributed by atoms with E-state index < -0.39 is 0 Å². The molecule has 120 heavy (non-hydrogen) atoms. The quantitative estimate of drug-likeness (QED) is 0.0182. The average Bonchev–Trinajstić information content (AvgIpc) is 1.64. The van der Waals surface area contributed by atoms with Gasteiger partial charge in [0, 0.05) is 54.9 Å². The molecule has 3 fully saturated rings. The molecule has 630 valence electrons. The normalized spacial score (nSPS) is 13.3. The third kappa shape index (κ3) is 29.5. The number of rotatable bonds is 17. The van der Waals surface area contributed by atoms with Crippen LogP contribution in [-0.4, -0.2) is 164 Å². The first-order valence-electron chi connectivity index (χ1n) is 38.5. The minimum Gasteiger partial charge on any atom is -0.437 e. The number of alkyl halides is 1. The number of nitrogen functional groups attached to an aromatic ring is 2. The van der Waals surface area contributed by atoms with Crippen molar-refractivity contribution in [2.45, 2.75) is 139 Å². The zero-order chi connectivity index (χ0) is 80.1. The molecule has 5 aromatic carbocycles. The van der Waals surface area contributed by atoms with Gasteiger partial charge < -0.3 is 46.4 Å². The lowest BCUT2D eigenvalue weighted by Gasteiger charge is -2.32. The molecule has 0 bridgehead atoms. The van der Waals surface area contributed by atoms with Gasteiger partial charge in [0.15, 0.2) is 17.6 Å². The number of carbonyl (C=O) groups is 1. The van der Waals surface area contributed by atoms with Crippen molar-refractivity contribution in [3.05, 3.63) is 308 Å². The molecule has 3 aliphatic rings. The molecular formula is C90H115B2BrI2N22O3. The molecule has 13 heterocycles. The fraction of sp³-hybridized carbons (Fsp3) is 0.300. The van der Waals surface area contributed by atoms with E-state index >= 15 is 0 Å². The number of aromatic nitrogens is 17. The Labute approximate surface area is 743 Å². The van der Waals surface area contributed by atoms with E-state index in [4.69, 9.17) is 11.5 Å². The number of anilines is 2. The molecule has 10 aromatic heterocycles. The van der Waals surface area contributed by atoms with Crippen molar-refractivity contribution in [2.24, 2.45) is 0 Å². The number of fused-ring (bicyclic) bond motifs is 2. The van der Waals surface area contributed by atoms with Crippen molar-refractivity contribution >= 4 is 115 Å². The van der Waals surface area contributed by atoms with Gasteiger partial charge >= 0.3 is 14.1 Å². The van der Waals surface area contributed by atoms with Crippen LogP contribution in [0.3, 0.4) is 0 Å². The zero-order valence-electron chi connectivity index (χ0n) is 64.4. The van der Waals surface area contributed by atoms with Crippen LogP contribution in [0.25, 0.3) is 45.1 Å². The lowest BCUT2D eigenvalue weighted by Crippen LogP contribution is -2.42. The van der Waals surface area contributed by atoms with Crippen molar-refractivity contribution in [3.8, 4) is 22.8 Å². The first-order chi connectivity index (χ1) is 56.1. The number of imidazole rings is 2. The number of aromatic amines is 3. The van der Waals surface area contributed by atoms with Gasteiger partial charge in [-0.05, 0) is 217 Å². The Kier molecular flexibility index (Phi) is 40.4. The van der Waals surface area contributed by atoms with Gasteiger partial charge in [-0.25, -0.2) is 24.9 Å². The molecule has 3 aliphatic heterocycles. The Morgan fingerprint density at radius 2 is 0.842 bits per heavy atom. The van der Waals surface area contributed by atoms with Crippen LogP contribution in [0.5, 0.6) is 0 Å². The molecule has 30 heteroatoms. The van der Waals surface area contributed by atoms with Gasteiger partial charge in [-0.2, -0.15) is 25.5 Å². The van der Waals surface area contributed by atoms with Gasteiger partial charge in [0.25, 0.3) is 0 Å². The molecule has 18 rings (SSSR count). The fourth-order valence-electron chi connectivity index (χ4n) is 13.6. The molecule has 0 aliphatic carbocycles. The second-order valence-electron chi connectivity index (χ2n) is 28.4. The number of benzene rings is 5. The van der Waals surface area contributed by atoms with E-state index in [2.05, 4.69) is 202 Å². The molecule has 15 aromatic rings. The summed E-state index contributed by atoms with van der Waals surface area (Å²) in [5.41, 5.74) is 27.8. The van der Waals surface area contributed by atoms with Crippen molar-refractivity contribution in [2.75, 3.05) is 50.7 Å². The summed E-state index contributed by atoms with van der Waals surface area (Å²) < 4.78 is 9.87. The van der Waals surface area contributed by atoms with Crippen molar-refractivity contribution in [1.29, 1.82) is 0 Å². The van der Waals surface area contributed by atoms with E-state index in [1.807, 2.05) is 199 Å². The van der Waals surface area contributed by atoms with E-state index in [0.717, 1.165) is 150 Å². The third-order valence-electron chi connectivity index (χ3n) is 20.0. The topological polar surface area (TPSA) is 324 Å². The monoisotopic (exact) mass is 1910 g/mol. The Bertz CT molecular complexity index is 5350. The molecular weight excluding hydrogens is 1790 g/mol. The predicted molar refractivity (Wildman–Crippen MR) is 512 cm³/mol. The SMILES string of the molecule is BrCc1ccccc1.C.C.C.C.C.CB(O)N1CCC(c2cnc(N)c(N)c2)CC1.CB(O)N1CCC(c2cnc3nc(-c4cnn(Cc5ccccc5)c4)[nH]c3c2)CC1.Ic1cn[nH]c1.Ic1cnn(Cc2ccccc2)c1.O=Cc1cnn(Cc2ccccc2)c1.c1ccc(Cn2cc(-c3nc4ncc(C5CCNCC5)cc4[nH]3)cn2)cc1. The molecule has 0 saturated carbocycles. The highest BCUT2D eigenvalue weighted by Gasteiger charge is 2.27. The lowest BCUT2D eigenvalue weighted by atomic mass is 9.79. The van der Waals surface area contributed by atoms with E-state index in [-0.39, 0.29) is 51.2 Å². The van der Waals surface area contributed by atoms with Gasteiger partial charge in [-0.3, -0.25) is 28.6 Å². The van der Waals surface area contributed by atoms with Crippen molar-refractivity contribution in [1.82, 2.24) is 99.1 Å². The first kappa shape index (κ1) is 96.8. The molecule has 0 unspecified atom stereocenters. The number of hydrogen-bond acceptors (Lipinski definition) is 18. The minimum atomic E-state index is -0.371. The number of hydrogen-bond donors (Lipinski definition) is 8. The number of halogens is 3.